The number of aromatic nitrogens is 3. The van der Waals surface area contributed by atoms with Crippen LogP contribution in [0.4, 0.5) is 0 Å². The van der Waals surface area contributed by atoms with E-state index in [9.17, 15) is 9.90 Å². The Kier molecular flexibility index (Phi) is 9.22. The zero-order chi connectivity index (χ0) is 23.8. The molecule has 2 aromatic rings. The van der Waals surface area contributed by atoms with Crippen molar-refractivity contribution in [2.75, 3.05) is 33.9 Å². The molecule has 33 heavy (non-hydrogen) atoms. The Morgan fingerprint density at radius 3 is 2.91 bits per heavy atom. The molecule has 1 aliphatic heterocycles. The van der Waals surface area contributed by atoms with Crippen LogP contribution in [-0.2, 0) is 29.2 Å². The second kappa shape index (κ2) is 12.1. The van der Waals surface area contributed by atoms with Crippen molar-refractivity contribution in [2.45, 2.75) is 58.5 Å². The van der Waals surface area contributed by atoms with Crippen LogP contribution in [-0.4, -0.2) is 81.8 Å². The summed E-state index contributed by atoms with van der Waals surface area (Å²) in [6, 6.07) is 7.76. The highest BCUT2D eigenvalue weighted by molar-refractivity contribution is 5.76. The van der Waals surface area contributed by atoms with Crippen molar-refractivity contribution in [2.24, 2.45) is 5.92 Å². The number of benzene rings is 1. The molecular formula is C24H37N5O4. The number of likely N-dealkylation sites (N-methyl/N-ethyl adjacent to an activating group) is 1. The number of para-hydroxylation sites is 1. The number of amides is 1. The van der Waals surface area contributed by atoms with Crippen molar-refractivity contribution < 1.29 is 19.4 Å². The zero-order valence-electron chi connectivity index (χ0n) is 20.2. The number of methoxy groups -OCH3 is 1. The molecule has 0 aliphatic carbocycles. The fourth-order valence-electron chi connectivity index (χ4n) is 4.24. The highest BCUT2D eigenvalue weighted by Gasteiger charge is 2.28. The summed E-state index contributed by atoms with van der Waals surface area (Å²) in [6.45, 7) is 6.87. The Labute approximate surface area is 196 Å². The molecule has 182 valence electrons. The van der Waals surface area contributed by atoms with Gasteiger partial charge in [0.15, 0.2) is 0 Å². The second-order valence-electron chi connectivity index (χ2n) is 8.97. The van der Waals surface area contributed by atoms with E-state index in [-0.39, 0.29) is 30.6 Å². The standard InChI is InChI=1S/C24H37N5O4/c1-18-13-28(19(2)16-30)24(31)10-7-11-29-21(12-25-26-29)17-33-23(18)15-27(3)14-20-8-5-6-9-22(20)32-4/h5-6,8-9,12,18-19,23,30H,7,10-11,13-17H2,1-4H3/t18-,19-,23-/m0/s1. The van der Waals surface area contributed by atoms with Crippen LogP contribution < -0.4 is 4.74 Å². The van der Waals surface area contributed by atoms with Gasteiger partial charge in [0.2, 0.25) is 5.91 Å². The third kappa shape index (κ3) is 6.75. The van der Waals surface area contributed by atoms with E-state index >= 15 is 0 Å². The van der Waals surface area contributed by atoms with Crippen LogP contribution >= 0.6 is 0 Å². The molecule has 3 atom stereocenters. The Hall–Kier alpha value is -2.49. The van der Waals surface area contributed by atoms with Gasteiger partial charge in [-0.1, -0.05) is 30.3 Å². The SMILES string of the molecule is COc1ccccc1CN(C)C[C@@H]1OCc2cnnn2CCCC(=O)N([C@@H](C)CO)C[C@@H]1C. The summed E-state index contributed by atoms with van der Waals surface area (Å²) in [5.74, 6) is 0.971. The van der Waals surface area contributed by atoms with E-state index in [1.54, 1.807) is 18.2 Å². The molecule has 3 rings (SSSR count). The lowest BCUT2D eigenvalue weighted by molar-refractivity contribution is -0.136. The number of aryl methyl sites for hydroxylation is 1. The molecule has 1 aromatic heterocycles. The van der Waals surface area contributed by atoms with Gasteiger partial charge in [0, 0.05) is 44.1 Å². The summed E-state index contributed by atoms with van der Waals surface area (Å²) >= 11 is 0. The molecular weight excluding hydrogens is 422 g/mol. The lowest BCUT2D eigenvalue weighted by atomic mass is 10.0. The van der Waals surface area contributed by atoms with Gasteiger partial charge < -0.3 is 19.5 Å². The quantitative estimate of drug-likeness (QED) is 0.676. The first-order valence-electron chi connectivity index (χ1n) is 11.6. The van der Waals surface area contributed by atoms with Crippen LogP contribution in [0.3, 0.4) is 0 Å². The smallest absolute Gasteiger partial charge is 0.222 e. The van der Waals surface area contributed by atoms with Gasteiger partial charge in [-0.05, 0) is 26.5 Å². The molecule has 1 N–H and O–H groups in total. The van der Waals surface area contributed by atoms with Gasteiger partial charge in [0.1, 0.15) is 5.75 Å². The van der Waals surface area contributed by atoms with Crippen LogP contribution in [0.1, 0.15) is 37.9 Å². The third-order valence-electron chi connectivity index (χ3n) is 6.26. The molecule has 0 saturated heterocycles. The molecule has 0 saturated carbocycles. The maximum absolute atomic E-state index is 13.0. The van der Waals surface area contributed by atoms with Crippen LogP contribution in [0.15, 0.2) is 30.5 Å². The van der Waals surface area contributed by atoms with Crippen molar-refractivity contribution >= 4 is 5.91 Å². The monoisotopic (exact) mass is 459 g/mol. The summed E-state index contributed by atoms with van der Waals surface area (Å²) < 4.78 is 13.7. The number of rotatable bonds is 7. The Morgan fingerprint density at radius 2 is 2.15 bits per heavy atom. The first-order chi connectivity index (χ1) is 15.9. The topological polar surface area (TPSA) is 93.0 Å². The number of ether oxygens (including phenoxy) is 2. The molecule has 0 radical (unpaired) electrons. The molecule has 2 heterocycles. The lowest BCUT2D eigenvalue weighted by Crippen LogP contribution is -2.47. The average Bonchev–Trinajstić information content (AvgIpc) is 3.26. The Morgan fingerprint density at radius 1 is 1.36 bits per heavy atom. The molecule has 0 spiro atoms. The predicted octanol–water partition coefficient (Wildman–Crippen LogP) is 1.94. The predicted molar refractivity (Wildman–Crippen MR) is 125 cm³/mol. The number of aliphatic hydroxyl groups is 1. The maximum atomic E-state index is 13.0. The molecule has 0 bridgehead atoms. The lowest BCUT2D eigenvalue weighted by Gasteiger charge is -2.35. The van der Waals surface area contributed by atoms with E-state index in [2.05, 4.69) is 35.2 Å². The number of fused-ring (bicyclic) bond motifs is 1. The van der Waals surface area contributed by atoms with Crippen LogP contribution in [0.5, 0.6) is 5.75 Å². The average molecular weight is 460 g/mol. The Balaban J connectivity index is 1.78. The van der Waals surface area contributed by atoms with E-state index in [1.807, 2.05) is 29.8 Å². The first kappa shape index (κ1) is 25.1. The van der Waals surface area contributed by atoms with E-state index in [4.69, 9.17) is 9.47 Å². The van der Waals surface area contributed by atoms with Crippen LogP contribution in [0.2, 0.25) is 0 Å². The Bertz CT molecular complexity index is 889. The van der Waals surface area contributed by atoms with Gasteiger partial charge in [-0.15, -0.1) is 5.10 Å². The molecule has 9 nitrogen and oxygen atoms in total. The normalized spacial score (nSPS) is 21.3. The minimum atomic E-state index is -0.239. The number of hydrogen-bond acceptors (Lipinski definition) is 7. The number of hydrogen-bond donors (Lipinski definition) is 1. The molecule has 1 aromatic carbocycles. The molecule has 0 unspecified atom stereocenters. The van der Waals surface area contributed by atoms with Crippen LogP contribution in [0.25, 0.3) is 0 Å². The van der Waals surface area contributed by atoms with E-state index in [0.29, 0.717) is 45.6 Å². The first-order valence-corrected chi connectivity index (χ1v) is 11.6. The van der Waals surface area contributed by atoms with Gasteiger partial charge in [0.05, 0.1) is 44.4 Å². The van der Waals surface area contributed by atoms with Gasteiger partial charge in [-0.25, -0.2) is 4.68 Å². The summed E-state index contributed by atoms with van der Waals surface area (Å²) in [5.41, 5.74) is 2.02. The minimum Gasteiger partial charge on any atom is -0.496 e. The van der Waals surface area contributed by atoms with E-state index in [1.165, 1.54) is 0 Å². The van der Waals surface area contributed by atoms with Crippen LogP contribution in [0, 0.1) is 5.92 Å². The number of carbonyl (C=O) groups is 1. The van der Waals surface area contributed by atoms with Crippen molar-refractivity contribution in [3.63, 3.8) is 0 Å². The highest BCUT2D eigenvalue weighted by Crippen LogP contribution is 2.21. The summed E-state index contributed by atoms with van der Waals surface area (Å²) in [4.78, 5) is 17.0. The second-order valence-corrected chi connectivity index (χ2v) is 8.97. The fourth-order valence-corrected chi connectivity index (χ4v) is 4.24. The third-order valence-corrected chi connectivity index (χ3v) is 6.26. The van der Waals surface area contributed by atoms with Gasteiger partial charge >= 0.3 is 0 Å². The summed E-state index contributed by atoms with van der Waals surface area (Å²) in [6.07, 6.45) is 2.68. The largest absolute Gasteiger partial charge is 0.496 e. The maximum Gasteiger partial charge on any atom is 0.222 e. The van der Waals surface area contributed by atoms with Crippen molar-refractivity contribution in [1.82, 2.24) is 24.8 Å². The van der Waals surface area contributed by atoms with Crippen molar-refractivity contribution in [3.8, 4) is 5.75 Å². The van der Waals surface area contributed by atoms with Gasteiger partial charge in [-0.2, -0.15) is 0 Å². The zero-order valence-corrected chi connectivity index (χ0v) is 20.2. The number of aliphatic hydroxyl groups excluding tert-OH is 1. The minimum absolute atomic E-state index is 0.0479. The van der Waals surface area contributed by atoms with Crippen molar-refractivity contribution in [1.29, 1.82) is 0 Å². The molecule has 1 aliphatic rings. The number of nitrogens with zero attached hydrogens (tertiary/aromatic N) is 5. The number of carbonyl (C=O) groups excluding carboxylic acids is 1. The summed E-state index contributed by atoms with van der Waals surface area (Å²) in [7, 11) is 3.74. The van der Waals surface area contributed by atoms with E-state index < -0.39 is 0 Å². The highest BCUT2D eigenvalue weighted by atomic mass is 16.5. The fraction of sp³-hybridized carbons (Fsp3) is 0.625. The molecule has 0 fully saturated rings. The summed E-state index contributed by atoms with van der Waals surface area (Å²) in [5, 5.41) is 17.9. The molecule has 9 heteroatoms. The molecule has 1 amide bonds. The van der Waals surface area contributed by atoms with Gasteiger partial charge in [-0.3, -0.25) is 9.69 Å². The van der Waals surface area contributed by atoms with E-state index in [0.717, 1.165) is 17.0 Å². The van der Waals surface area contributed by atoms with Gasteiger partial charge in [0.25, 0.3) is 0 Å². The van der Waals surface area contributed by atoms with Crippen molar-refractivity contribution in [3.05, 3.63) is 41.7 Å².